The van der Waals surface area contributed by atoms with Crippen molar-refractivity contribution in [3.8, 4) is 11.5 Å². The Morgan fingerprint density at radius 3 is 2.13 bits per heavy atom. The third-order valence-electron chi connectivity index (χ3n) is 5.02. The van der Waals surface area contributed by atoms with E-state index in [0.717, 1.165) is 27.7 Å². The predicted octanol–water partition coefficient (Wildman–Crippen LogP) is 6.49. The van der Waals surface area contributed by atoms with Gasteiger partial charge in [-0.2, -0.15) is 0 Å². The number of benzene rings is 4. The molecule has 5 nitrogen and oxygen atoms in total. The Balaban J connectivity index is 1.37. The van der Waals surface area contributed by atoms with E-state index < -0.39 is 10.0 Å². The Hall–Kier alpha value is -3.77. The van der Waals surface area contributed by atoms with Crippen LogP contribution in [0.3, 0.4) is 0 Å². The minimum Gasteiger partial charge on any atom is -0.457 e. The van der Waals surface area contributed by atoms with Gasteiger partial charge in [0.2, 0.25) is 0 Å². The molecule has 0 saturated heterocycles. The number of hydrogen-bond acceptors (Lipinski definition) is 4. The molecule has 0 radical (unpaired) electrons. The third-order valence-corrected chi connectivity index (χ3v) is 6.40. The minimum absolute atomic E-state index is 0.138. The van der Waals surface area contributed by atoms with Gasteiger partial charge >= 0.3 is 0 Å². The second-order valence-corrected chi connectivity index (χ2v) is 8.98. The molecule has 6 heteroatoms. The normalized spacial score (nSPS) is 11.6. The van der Waals surface area contributed by atoms with Crippen LogP contribution in [0.15, 0.2) is 100 Å². The molecule has 4 aromatic carbocycles. The molecule has 154 valence electrons. The van der Waals surface area contributed by atoms with Crippen molar-refractivity contribution in [3.05, 3.63) is 96.6 Å². The molecule has 0 saturated carbocycles. The van der Waals surface area contributed by atoms with Crippen LogP contribution in [0.2, 0.25) is 0 Å². The second-order valence-electron chi connectivity index (χ2n) is 7.30. The molecule has 0 aliphatic heterocycles. The lowest BCUT2D eigenvalue weighted by atomic mass is 10.2. The number of rotatable bonds is 5. The van der Waals surface area contributed by atoms with Crippen LogP contribution in [-0.4, -0.2) is 8.42 Å². The van der Waals surface area contributed by atoms with Crippen molar-refractivity contribution in [2.75, 3.05) is 4.72 Å². The Morgan fingerprint density at radius 1 is 0.742 bits per heavy atom. The van der Waals surface area contributed by atoms with Crippen LogP contribution in [-0.2, 0) is 10.0 Å². The second kappa shape index (κ2) is 7.49. The van der Waals surface area contributed by atoms with E-state index in [0.29, 0.717) is 17.0 Å². The van der Waals surface area contributed by atoms with E-state index in [1.54, 1.807) is 42.5 Å². The van der Waals surface area contributed by atoms with Gasteiger partial charge in [-0.3, -0.25) is 4.72 Å². The van der Waals surface area contributed by atoms with Crippen LogP contribution in [0.5, 0.6) is 11.5 Å². The zero-order chi connectivity index (χ0) is 21.4. The van der Waals surface area contributed by atoms with E-state index in [9.17, 15) is 8.42 Å². The summed E-state index contributed by atoms with van der Waals surface area (Å²) in [5.74, 6) is 1.34. The smallest absolute Gasteiger partial charge is 0.262 e. The molecule has 0 bridgehead atoms. The summed E-state index contributed by atoms with van der Waals surface area (Å²) in [4.78, 5) is 0.138. The molecule has 5 aromatic rings. The van der Waals surface area contributed by atoms with E-state index in [1.165, 1.54) is 0 Å². The standard InChI is InChI=1S/C25H19NO4S/c1-17-6-10-19(11-7-17)29-20-12-8-18(9-13-20)26-31(27,28)21-14-15-23-22-4-2-3-5-24(22)30-25(23)16-21/h2-16,26H,1H3. The van der Waals surface area contributed by atoms with E-state index in [-0.39, 0.29) is 4.90 Å². The summed E-state index contributed by atoms with van der Waals surface area (Å²) in [6.45, 7) is 2.01. The molecule has 31 heavy (non-hydrogen) atoms. The number of hydrogen-bond donors (Lipinski definition) is 1. The molecule has 0 aliphatic carbocycles. The predicted molar refractivity (Wildman–Crippen MR) is 122 cm³/mol. The maximum atomic E-state index is 12.9. The maximum Gasteiger partial charge on any atom is 0.262 e. The number of furan rings is 1. The van der Waals surface area contributed by atoms with Gasteiger partial charge in [-0.1, -0.05) is 35.9 Å². The molecule has 0 spiro atoms. The topological polar surface area (TPSA) is 68.5 Å². The van der Waals surface area contributed by atoms with E-state index in [1.807, 2.05) is 55.5 Å². The molecule has 0 atom stereocenters. The quantitative estimate of drug-likeness (QED) is 0.347. The van der Waals surface area contributed by atoms with E-state index >= 15 is 0 Å². The van der Waals surface area contributed by atoms with Crippen molar-refractivity contribution in [2.45, 2.75) is 11.8 Å². The Labute approximate surface area is 179 Å². The molecular weight excluding hydrogens is 410 g/mol. The SMILES string of the molecule is Cc1ccc(Oc2ccc(NS(=O)(=O)c3ccc4c(c3)oc3ccccc34)cc2)cc1. The summed E-state index contributed by atoms with van der Waals surface area (Å²) < 4.78 is 40.0. The lowest BCUT2D eigenvalue weighted by molar-refractivity contribution is 0.482. The summed E-state index contributed by atoms with van der Waals surface area (Å²) in [7, 11) is -3.77. The molecule has 0 fully saturated rings. The van der Waals surface area contributed by atoms with Crippen molar-refractivity contribution in [1.29, 1.82) is 0 Å². The van der Waals surface area contributed by atoms with Gasteiger partial charge in [0.15, 0.2) is 0 Å². The number of aryl methyl sites for hydroxylation is 1. The summed E-state index contributed by atoms with van der Waals surface area (Å²) in [6, 6.07) is 27.0. The molecule has 5 rings (SSSR count). The van der Waals surface area contributed by atoms with Crippen LogP contribution in [0.25, 0.3) is 21.9 Å². The van der Waals surface area contributed by atoms with Crippen LogP contribution >= 0.6 is 0 Å². The number of para-hydroxylation sites is 1. The van der Waals surface area contributed by atoms with Crippen molar-refractivity contribution in [1.82, 2.24) is 0 Å². The first-order valence-corrected chi connectivity index (χ1v) is 11.2. The number of nitrogens with one attached hydrogen (secondary N) is 1. The molecule has 0 unspecified atom stereocenters. The first-order chi connectivity index (χ1) is 15.0. The highest BCUT2D eigenvalue weighted by atomic mass is 32.2. The summed E-state index contributed by atoms with van der Waals surface area (Å²) in [5, 5.41) is 1.84. The Bertz CT molecular complexity index is 1480. The first kappa shape index (κ1) is 19.2. The van der Waals surface area contributed by atoms with E-state index in [2.05, 4.69) is 4.72 Å². The molecule has 0 aliphatic rings. The summed E-state index contributed by atoms with van der Waals surface area (Å²) in [5.41, 5.74) is 2.86. The highest BCUT2D eigenvalue weighted by molar-refractivity contribution is 7.92. The highest BCUT2D eigenvalue weighted by Gasteiger charge is 2.17. The van der Waals surface area contributed by atoms with Crippen molar-refractivity contribution >= 4 is 37.6 Å². The maximum absolute atomic E-state index is 12.9. The number of ether oxygens (including phenoxy) is 1. The Morgan fingerprint density at radius 2 is 1.39 bits per heavy atom. The summed E-state index contributed by atoms with van der Waals surface area (Å²) in [6.07, 6.45) is 0. The fourth-order valence-electron chi connectivity index (χ4n) is 3.42. The average molecular weight is 429 g/mol. The molecule has 1 N–H and O–H groups in total. The van der Waals surface area contributed by atoms with Gasteiger partial charge in [0, 0.05) is 22.5 Å². The van der Waals surface area contributed by atoms with Crippen LogP contribution in [0.1, 0.15) is 5.56 Å². The van der Waals surface area contributed by atoms with Gasteiger partial charge in [0.25, 0.3) is 10.0 Å². The van der Waals surface area contributed by atoms with Crippen LogP contribution in [0, 0.1) is 6.92 Å². The van der Waals surface area contributed by atoms with Gasteiger partial charge in [-0.05, 0) is 61.5 Å². The van der Waals surface area contributed by atoms with Crippen LogP contribution < -0.4 is 9.46 Å². The lowest BCUT2D eigenvalue weighted by Gasteiger charge is -2.10. The molecule has 1 aromatic heterocycles. The zero-order valence-electron chi connectivity index (χ0n) is 16.7. The third kappa shape index (κ3) is 3.85. The fourth-order valence-corrected chi connectivity index (χ4v) is 4.49. The lowest BCUT2D eigenvalue weighted by Crippen LogP contribution is -2.12. The number of sulfonamides is 1. The molecule has 0 amide bonds. The van der Waals surface area contributed by atoms with Gasteiger partial charge in [0.05, 0.1) is 4.90 Å². The molecular formula is C25H19NO4S. The Kier molecular flexibility index (Phi) is 4.64. The highest BCUT2D eigenvalue weighted by Crippen LogP contribution is 2.31. The largest absolute Gasteiger partial charge is 0.457 e. The van der Waals surface area contributed by atoms with Crippen molar-refractivity contribution < 1.29 is 17.6 Å². The number of anilines is 1. The zero-order valence-corrected chi connectivity index (χ0v) is 17.5. The average Bonchev–Trinajstić information content (AvgIpc) is 3.14. The van der Waals surface area contributed by atoms with Crippen molar-refractivity contribution in [3.63, 3.8) is 0 Å². The van der Waals surface area contributed by atoms with Gasteiger partial charge in [-0.25, -0.2) is 8.42 Å². The van der Waals surface area contributed by atoms with Gasteiger partial charge in [0.1, 0.15) is 22.7 Å². The van der Waals surface area contributed by atoms with E-state index in [4.69, 9.17) is 9.15 Å². The fraction of sp³-hybridized carbons (Fsp3) is 0.0400. The van der Waals surface area contributed by atoms with Gasteiger partial charge < -0.3 is 9.15 Å². The monoisotopic (exact) mass is 429 g/mol. The van der Waals surface area contributed by atoms with Crippen LogP contribution in [0.4, 0.5) is 5.69 Å². The van der Waals surface area contributed by atoms with Crippen molar-refractivity contribution in [2.24, 2.45) is 0 Å². The first-order valence-electron chi connectivity index (χ1n) is 9.77. The number of fused-ring (bicyclic) bond motifs is 3. The summed E-state index contributed by atoms with van der Waals surface area (Å²) >= 11 is 0. The molecule has 1 heterocycles. The minimum atomic E-state index is -3.77. The van der Waals surface area contributed by atoms with Gasteiger partial charge in [-0.15, -0.1) is 0 Å².